The molecule has 0 amide bonds. The Bertz CT molecular complexity index is 1210. The van der Waals surface area contributed by atoms with E-state index < -0.39 is 27.6 Å². The SMILES string of the molecule is CC1C(Nc2ncc(-c3ccc(C(F)(F)F)cc3)c3ncn(C)c(=O)c23)CCCS1(O)O. The molecule has 0 bridgehead atoms. The first-order valence-corrected chi connectivity index (χ1v) is 11.8. The molecule has 11 heteroatoms. The van der Waals surface area contributed by atoms with Crippen molar-refractivity contribution in [3.8, 4) is 11.1 Å². The predicted molar refractivity (Wildman–Crippen MR) is 119 cm³/mol. The smallest absolute Gasteiger partial charge is 0.365 e. The molecular weight excluding hydrogens is 445 g/mol. The summed E-state index contributed by atoms with van der Waals surface area (Å²) in [6.45, 7) is 1.75. The normalized spacial score (nSPS) is 22.0. The number of anilines is 1. The first-order chi connectivity index (χ1) is 15.0. The summed E-state index contributed by atoms with van der Waals surface area (Å²) < 4.78 is 60.7. The van der Waals surface area contributed by atoms with Gasteiger partial charge in [0.1, 0.15) is 11.2 Å². The van der Waals surface area contributed by atoms with Crippen LogP contribution in [0.15, 0.2) is 41.6 Å². The van der Waals surface area contributed by atoms with Crippen LogP contribution < -0.4 is 10.9 Å². The van der Waals surface area contributed by atoms with Crippen LogP contribution in [0, 0.1) is 0 Å². The standard InChI is InChI=1S/C21H23F3N4O3S/c1-12-16(4-3-9-32(12,30)31)27-19-17-18(26-11-28(2)20(17)29)15(10-25-19)13-5-7-14(8-6-13)21(22,23)24/h5-8,10-12,16,30-31H,3-4,9H2,1-2H3,(H,25,27). The molecule has 0 spiro atoms. The fourth-order valence-corrected chi connectivity index (χ4v) is 5.63. The number of alkyl halides is 3. The summed E-state index contributed by atoms with van der Waals surface area (Å²) in [5.74, 6) is 0.606. The molecule has 2 unspecified atom stereocenters. The van der Waals surface area contributed by atoms with Crippen molar-refractivity contribution in [1.29, 1.82) is 0 Å². The molecule has 7 nitrogen and oxygen atoms in total. The molecular formula is C21H23F3N4O3S. The van der Waals surface area contributed by atoms with Gasteiger partial charge in [-0.3, -0.25) is 13.9 Å². The van der Waals surface area contributed by atoms with E-state index in [1.54, 1.807) is 14.0 Å². The van der Waals surface area contributed by atoms with Crippen molar-refractivity contribution in [3.05, 3.63) is 52.7 Å². The number of pyridine rings is 1. The van der Waals surface area contributed by atoms with Gasteiger partial charge in [0.05, 0.1) is 22.7 Å². The molecule has 1 aromatic carbocycles. The summed E-state index contributed by atoms with van der Waals surface area (Å²) >= 11 is 0. The molecule has 3 heterocycles. The molecule has 4 rings (SSSR count). The second-order valence-electron chi connectivity index (χ2n) is 8.00. The highest BCUT2D eigenvalue weighted by Crippen LogP contribution is 2.50. The molecule has 0 radical (unpaired) electrons. The monoisotopic (exact) mass is 468 g/mol. The number of hydrogen-bond acceptors (Lipinski definition) is 6. The minimum Gasteiger partial charge on any atom is -0.365 e. The number of aryl methyl sites for hydroxylation is 1. The summed E-state index contributed by atoms with van der Waals surface area (Å²) in [6.07, 6.45) is -0.329. The Kier molecular flexibility index (Phi) is 5.68. The Balaban J connectivity index is 1.80. The molecule has 3 N–H and O–H groups in total. The second kappa shape index (κ2) is 8.05. The lowest BCUT2D eigenvalue weighted by molar-refractivity contribution is -0.137. The molecule has 1 aliphatic heterocycles. The minimum atomic E-state index is -4.45. The van der Waals surface area contributed by atoms with E-state index in [0.29, 0.717) is 35.2 Å². The molecule has 2 atom stereocenters. The first-order valence-electron chi connectivity index (χ1n) is 10.0. The number of hydrogen-bond donors (Lipinski definition) is 3. The highest BCUT2D eigenvalue weighted by molar-refractivity contribution is 8.24. The minimum absolute atomic E-state index is 0.196. The van der Waals surface area contributed by atoms with E-state index in [2.05, 4.69) is 15.3 Å². The van der Waals surface area contributed by atoms with E-state index >= 15 is 0 Å². The van der Waals surface area contributed by atoms with Gasteiger partial charge in [-0.2, -0.15) is 23.8 Å². The predicted octanol–water partition coefficient (Wildman–Crippen LogP) is 4.73. The van der Waals surface area contributed by atoms with Gasteiger partial charge < -0.3 is 9.88 Å². The Hall–Kier alpha value is -2.63. The summed E-state index contributed by atoms with van der Waals surface area (Å²) in [5.41, 5.74) is 0.0428. The lowest BCUT2D eigenvalue weighted by Crippen LogP contribution is -2.40. The maximum Gasteiger partial charge on any atom is 0.416 e. The Labute approximate surface area is 183 Å². The highest BCUT2D eigenvalue weighted by Gasteiger charge is 2.34. The van der Waals surface area contributed by atoms with Crippen molar-refractivity contribution in [3.63, 3.8) is 0 Å². The van der Waals surface area contributed by atoms with Crippen LogP contribution >= 0.6 is 10.6 Å². The fraction of sp³-hybridized carbons (Fsp3) is 0.381. The average Bonchev–Trinajstić information content (AvgIpc) is 2.73. The van der Waals surface area contributed by atoms with Gasteiger partial charge in [0.2, 0.25) is 0 Å². The van der Waals surface area contributed by atoms with Crippen molar-refractivity contribution in [2.45, 2.75) is 37.2 Å². The van der Waals surface area contributed by atoms with Crippen LogP contribution in [-0.2, 0) is 13.2 Å². The Morgan fingerprint density at radius 2 is 1.88 bits per heavy atom. The Morgan fingerprint density at radius 1 is 1.19 bits per heavy atom. The third-order valence-corrected chi connectivity index (χ3v) is 8.32. The second-order valence-corrected chi connectivity index (χ2v) is 10.6. The molecule has 0 aliphatic carbocycles. The van der Waals surface area contributed by atoms with E-state index in [1.165, 1.54) is 29.2 Å². The Morgan fingerprint density at radius 3 is 2.53 bits per heavy atom. The lowest BCUT2D eigenvalue weighted by atomic mass is 10.0. The molecule has 3 aromatic rings. The maximum absolute atomic E-state index is 13.0. The molecule has 2 aromatic heterocycles. The van der Waals surface area contributed by atoms with Gasteiger partial charge in [0.25, 0.3) is 5.56 Å². The van der Waals surface area contributed by atoms with Crippen molar-refractivity contribution in [1.82, 2.24) is 14.5 Å². The zero-order chi connectivity index (χ0) is 23.3. The number of nitrogens with zero attached hydrogens (tertiary/aromatic N) is 3. The number of fused-ring (bicyclic) bond motifs is 1. The number of nitrogens with one attached hydrogen (secondary N) is 1. The number of benzene rings is 1. The van der Waals surface area contributed by atoms with Gasteiger partial charge in [0.15, 0.2) is 0 Å². The first kappa shape index (κ1) is 22.6. The van der Waals surface area contributed by atoms with Gasteiger partial charge in [-0.1, -0.05) is 12.1 Å². The topological polar surface area (TPSA) is 100 Å². The van der Waals surface area contributed by atoms with E-state index in [1.807, 2.05) is 0 Å². The van der Waals surface area contributed by atoms with Crippen molar-refractivity contribution >= 4 is 27.3 Å². The molecule has 172 valence electrons. The highest BCUT2D eigenvalue weighted by atomic mass is 32.3. The molecule has 1 aliphatic rings. The zero-order valence-electron chi connectivity index (χ0n) is 17.4. The molecule has 1 saturated heterocycles. The number of aromatic nitrogens is 3. The van der Waals surface area contributed by atoms with Crippen LogP contribution in [0.2, 0.25) is 0 Å². The number of rotatable bonds is 3. The van der Waals surface area contributed by atoms with E-state index in [9.17, 15) is 27.1 Å². The van der Waals surface area contributed by atoms with Gasteiger partial charge in [-0.25, -0.2) is 9.97 Å². The van der Waals surface area contributed by atoms with Crippen LogP contribution in [-0.4, -0.2) is 40.7 Å². The van der Waals surface area contributed by atoms with E-state index in [0.717, 1.165) is 12.1 Å². The quantitative estimate of drug-likeness (QED) is 0.514. The molecule has 1 fully saturated rings. The number of halogens is 3. The third kappa shape index (κ3) is 4.07. The summed E-state index contributed by atoms with van der Waals surface area (Å²) in [6, 6.07) is 4.30. The lowest BCUT2D eigenvalue weighted by Gasteiger charge is -2.46. The van der Waals surface area contributed by atoms with Gasteiger partial charge in [0, 0.05) is 30.6 Å². The van der Waals surface area contributed by atoms with Crippen LogP contribution in [0.3, 0.4) is 0 Å². The summed E-state index contributed by atoms with van der Waals surface area (Å²) in [4.78, 5) is 21.7. The molecule has 0 saturated carbocycles. The van der Waals surface area contributed by atoms with Crippen molar-refractivity contribution in [2.75, 3.05) is 11.1 Å². The van der Waals surface area contributed by atoms with Gasteiger partial charge in [-0.05, 0) is 37.5 Å². The summed E-state index contributed by atoms with van der Waals surface area (Å²) in [7, 11) is -1.21. The van der Waals surface area contributed by atoms with Crippen molar-refractivity contribution in [2.24, 2.45) is 7.05 Å². The van der Waals surface area contributed by atoms with E-state index in [4.69, 9.17) is 0 Å². The van der Waals surface area contributed by atoms with Crippen LogP contribution in [0.25, 0.3) is 22.0 Å². The van der Waals surface area contributed by atoms with Crippen molar-refractivity contribution < 1.29 is 22.3 Å². The summed E-state index contributed by atoms with van der Waals surface area (Å²) in [5, 5.41) is 2.96. The van der Waals surface area contributed by atoms with Crippen LogP contribution in [0.4, 0.5) is 19.0 Å². The fourth-order valence-electron chi connectivity index (χ4n) is 3.94. The van der Waals surface area contributed by atoms with Crippen LogP contribution in [0.1, 0.15) is 25.3 Å². The zero-order valence-corrected chi connectivity index (χ0v) is 18.2. The van der Waals surface area contributed by atoms with Gasteiger partial charge >= 0.3 is 6.18 Å². The average molecular weight is 469 g/mol. The van der Waals surface area contributed by atoms with E-state index in [-0.39, 0.29) is 22.8 Å². The maximum atomic E-state index is 13.0. The largest absolute Gasteiger partial charge is 0.416 e. The van der Waals surface area contributed by atoms with Gasteiger partial charge in [-0.15, -0.1) is 0 Å². The third-order valence-electron chi connectivity index (χ3n) is 5.91. The van der Waals surface area contributed by atoms with Crippen LogP contribution in [0.5, 0.6) is 0 Å². The molecule has 32 heavy (non-hydrogen) atoms.